The number of aryl methyl sites for hydroxylation is 1. The van der Waals surface area contributed by atoms with Crippen LogP contribution in [0.3, 0.4) is 0 Å². The van der Waals surface area contributed by atoms with Gasteiger partial charge in [-0.1, -0.05) is 17.7 Å². The summed E-state index contributed by atoms with van der Waals surface area (Å²) in [5, 5.41) is 19.5. The van der Waals surface area contributed by atoms with Gasteiger partial charge in [0.05, 0.1) is 13.2 Å². The van der Waals surface area contributed by atoms with Crippen LogP contribution in [0, 0.1) is 6.92 Å². The molecule has 1 aromatic heterocycles. The maximum Gasteiger partial charge on any atom is 0.247 e. The molecule has 0 aliphatic heterocycles. The second kappa shape index (κ2) is 5.56. The SMILES string of the molecule is Cc1ccc(-c2nnc(CNCCO)o2)cc1. The molecule has 0 saturated carbocycles. The number of aliphatic hydroxyl groups is 1. The zero-order chi connectivity index (χ0) is 12.1. The van der Waals surface area contributed by atoms with E-state index < -0.39 is 0 Å². The predicted molar refractivity (Wildman–Crippen MR) is 63.3 cm³/mol. The predicted octanol–water partition coefficient (Wildman–Crippen LogP) is 1.13. The summed E-state index contributed by atoms with van der Waals surface area (Å²) in [7, 11) is 0. The molecule has 0 radical (unpaired) electrons. The number of hydrogen-bond acceptors (Lipinski definition) is 5. The highest BCUT2D eigenvalue weighted by atomic mass is 16.4. The first-order valence-electron chi connectivity index (χ1n) is 5.50. The van der Waals surface area contributed by atoms with Crippen LogP contribution in [0.2, 0.25) is 0 Å². The highest BCUT2D eigenvalue weighted by molar-refractivity contribution is 5.52. The van der Waals surface area contributed by atoms with E-state index in [9.17, 15) is 0 Å². The molecule has 90 valence electrons. The van der Waals surface area contributed by atoms with Gasteiger partial charge in [-0.05, 0) is 19.1 Å². The molecule has 0 atom stereocenters. The Bertz CT molecular complexity index is 465. The molecule has 5 heteroatoms. The van der Waals surface area contributed by atoms with Crippen molar-refractivity contribution >= 4 is 0 Å². The van der Waals surface area contributed by atoms with Crippen molar-refractivity contribution in [3.63, 3.8) is 0 Å². The van der Waals surface area contributed by atoms with Crippen molar-refractivity contribution in [3.05, 3.63) is 35.7 Å². The number of nitrogens with zero attached hydrogens (tertiary/aromatic N) is 2. The molecule has 0 aliphatic carbocycles. The van der Waals surface area contributed by atoms with E-state index in [4.69, 9.17) is 9.52 Å². The van der Waals surface area contributed by atoms with Crippen molar-refractivity contribution in [2.45, 2.75) is 13.5 Å². The van der Waals surface area contributed by atoms with Crippen LogP contribution in [0.15, 0.2) is 28.7 Å². The van der Waals surface area contributed by atoms with Gasteiger partial charge in [0, 0.05) is 12.1 Å². The smallest absolute Gasteiger partial charge is 0.247 e. The van der Waals surface area contributed by atoms with Crippen molar-refractivity contribution in [3.8, 4) is 11.5 Å². The Kier molecular flexibility index (Phi) is 3.85. The summed E-state index contributed by atoms with van der Waals surface area (Å²) < 4.78 is 5.49. The molecule has 1 heterocycles. The van der Waals surface area contributed by atoms with Crippen molar-refractivity contribution in [2.75, 3.05) is 13.2 Å². The maximum atomic E-state index is 8.62. The summed E-state index contributed by atoms with van der Waals surface area (Å²) in [4.78, 5) is 0. The number of rotatable bonds is 5. The molecule has 0 spiro atoms. The van der Waals surface area contributed by atoms with E-state index >= 15 is 0 Å². The highest BCUT2D eigenvalue weighted by Gasteiger charge is 2.07. The molecule has 5 nitrogen and oxygen atoms in total. The van der Waals surface area contributed by atoms with Crippen LogP contribution < -0.4 is 5.32 Å². The zero-order valence-corrected chi connectivity index (χ0v) is 9.68. The summed E-state index contributed by atoms with van der Waals surface area (Å²) in [5.41, 5.74) is 2.11. The topological polar surface area (TPSA) is 71.2 Å². The first kappa shape index (κ1) is 11.8. The van der Waals surface area contributed by atoms with Gasteiger partial charge in [0.25, 0.3) is 0 Å². The molecule has 0 fully saturated rings. The summed E-state index contributed by atoms with van der Waals surface area (Å²) in [6.07, 6.45) is 0. The average molecular weight is 233 g/mol. The summed E-state index contributed by atoms with van der Waals surface area (Å²) in [6.45, 7) is 3.11. The third-order valence-corrected chi connectivity index (χ3v) is 2.33. The van der Waals surface area contributed by atoms with Crippen LogP contribution in [0.1, 0.15) is 11.5 Å². The largest absolute Gasteiger partial charge is 0.419 e. The van der Waals surface area contributed by atoms with Gasteiger partial charge in [-0.3, -0.25) is 0 Å². The molecule has 2 rings (SSSR count). The lowest BCUT2D eigenvalue weighted by Crippen LogP contribution is -2.17. The van der Waals surface area contributed by atoms with Crippen LogP contribution in [0.25, 0.3) is 11.5 Å². The van der Waals surface area contributed by atoms with Crippen LogP contribution in [0.4, 0.5) is 0 Å². The minimum Gasteiger partial charge on any atom is -0.419 e. The van der Waals surface area contributed by atoms with E-state index in [-0.39, 0.29) is 6.61 Å². The molecule has 0 amide bonds. The van der Waals surface area contributed by atoms with Gasteiger partial charge in [0.15, 0.2) is 0 Å². The van der Waals surface area contributed by atoms with Crippen molar-refractivity contribution in [1.82, 2.24) is 15.5 Å². The van der Waals surface area contributed by atoms with Gasteiger partial charge in [-0.2, -0.15) is 0 Å². The molecule has 0 bridgehead atoms. The quantitative estimate of drug-likeness (QED) is 0.757. The van der Waals surface area contributed by atoms with E-state index in [0.717, 1.165) is 5.56 Å². The fourth-order valence-electron chi connectivity index (χ4n) is 1.41. The van der Waals surface area contributed by atoms with Crippen molar-refractivity contribution in [2.24, 2.45) is 0 Å². The van der Waals surface area contributed by atoms with E-state index in [1.807, 2.05) is 31.2 Å². The van der Waals surface area contributed by atoms with Crippen LogP contribution >= 0.6 is 0 Å². The number of aromatic nitrogens is 2. The summed E-state index contributed by atoms with van der Waals surface area (Å²) in [6, 6.07) is 7.91. The van der Waals surface area contributed by atoms with Gasteiger partial charge in [-0.25, -0.2) is 0 Å². The van der Waals surface area contributed by atoms with Gasteiger partial charge >= 0.3 is 0 Å². The monoisotopic (exact) mass is 233 g/mol. The lowest BCUT2D eigenvalue weighted by atomic mass is 10.1. The van der Waals surface area contributed by atoms with Crippen LogP contribution in [-0.4, -0.2) is 28.5 Å². The average Bonchev–Trinajstić information content (AvgIpc) is 2.79. The molecule has 0 aliphatic rings. The molecular weight excluding hydrogens is 218 g/mol. The molecule has 2 N–H and O–H groups in total. The second-order valence-corrected chi connectivity index (χ2v) is 3.77. The summed E-state index contributed by atoms with van der Waals surface area (Å²) >= 11 is 0. The van der Waals surface area contributed by atoms with E-state index in [2.05, 4.69) is 15.5 Å². The number of benzene rings is 1. The molecule has 0 unspecified atom stereocenters. The molecule has 17 heavy (non-hydrogen) atoms. The first-order chi connectivity index (χ1) is 8.29. The number of nitrogens with one attached hydrogen (secondary N) is 1. The fraction of sp³-hybridized carbons (Fsp3) is 0.333. The van der Waals surface area contributed by atoms with Crippen LogP contribution in [0.5, 0.6) is 0 Å². The molecule has 0 saturated heterocycles. The number of hydrogen-bond donors (Lipinski definition) is 2. The minimum absolute atomic E-state index is 0.0962. The Morgan fingerprint density at radius 2 is 2.00 bits per heavy atom. The highest BCUT2D eigenvalue weighted by Crippen LogP contribution is 2.17. The maximum absolute atomic E-state index is 8.62. The van der Waals surface area contributed by atoms with Gasteiger partial charge < -0.3 is 14.8 Å². The number of aliphatic hydroxyl groups excluding tert-OH is 1. The third-order valence-electron chi connectivity index (χ3n) is 2.33. The first-order valence-corrected chi connectivity index (χ1v) is 5.50. The fourth-order valence-corrected chi connectivity index (χ4v) is 1.41. The van der Waals surface area contributed by atoms with Crippen molar-refractivity contribution < 1.29 is 9.52 Å². The second-order valence-electron chi connectivity index (χ2n) is 3.77. The zero-order valence-electron chi connectivity index (χ0n) is 9.68. The van der Waals surface area contributed by atoms with Gasteiger partial charge in [0.2, 0.25) is 11.8 Å². The van der Waals surface area contributed by atoms with Crippen molar-refractivity contribution in [1.29, 1.82) is 0 Å². The third kappa shape index (κ3) is 3.12. The normalized spacial score (nSPS) is 10.7. The van der Waals surface area contributed by atoms with Crippen LogP contribution in [-0.2, 0) is 6.54 Å². The molecule has 2 aromatic rings. The van der Waals surface area contributed by atoms with E-state index in [1.54, 1.807) is 0 Å². The van der Waals surface area contributed by atoms with Gasteiger partial charge in [-0.15, -0.1) is 10.2 Å². The minimum atomic E-state index is 0.0962. The Labute approximate surface area is 99.5 Å². The van der Waals surface area contributed by atoms with Gasteiger partial charge in [0.1, 0.15) is 0 Å². The van der Waals surface area contributed by atoms with E-state index in [0.29, 0.717) is 24.9 Å². The molecular formula is C12H15N3O2. The lowest BCUT2D eigenvalue weighted by molar-refractivity contribution is 0.289. The Morgan fingerprint density at radius 1 is 1.24 bits per heavy atom. The Morgan fingerprint density at radius 3 is 2.71 bits per heavy atom. The molecule has 1 aromatic carbocycles. The standard InChI is InChI=1S/C12H15N3O2/c1-9-2-4-10(5-3-9)12-15-14-11(17-12)8-13-6-7-16/h2-5,13,16H,6-8H2,1H3. The van der Waals surface area contributed by atoms with E-state index in [1.165, 1.54) is 5.56 Å². The Balaban J connectivity index is 2.04. The Hall–Kier alpha value is -1.72. The lowest BCUT2D eigenvalue weighted by Gasteiger charge is -1.97. The summed E-state index contributed by atoms with van der Waals surface area (Å²) in [5.74, 6) is 1.04.